The lowest BCUT2D eigenvalue weighted by Gasteiger charge is -2.37. The van der Waals surface area contributed by atoms with Crippen molar-refractivity contribution in [3.63, 3.8) is 0 Å². The highest BCUT2D eigenvalue weighted by atomic mass is 19.4. The zero-order valence-corrected chi connectivity index (χ0v) is 11.4. The Bertz CT molecular complexity index is 531. The zero-order valence-electron chi connectivity index (χ0n) is 11.4. The van der Waals surface area contributed by atoms with Gasteiger partial charge in [0, 0.05) is 18.5 Å². The fourth-order valence-corrected chi connectivity index (χ4v) is 3.59. The van der Waals surface area contributed by atoms with E-state index >= 15 is 0 Å². The summed E-state index contributed by atoms with van der Waals surface area (Å²) < 4.78 is 51.4. The average Bonchev–Trinajstić information content (AvgIpc) is 2.70. The third-order valence-electron chi connectivity index (χ3n) is 4.49. The third-order valence-corrected chi connectivity index (χ3v) is 4.49. The van der Waals surface area contributed by atoms with Gasteiger partial charge in [-0.1, -0.05) is 6.07 Å². The van der Waals surface area contributed by atoms with Gasteiger partial charge in [0.2, 0.25) is 0 Å². The number of benzene rings is 1. The van der Waals surface area contributed by atoms with E-state index in [1.807, 2.05) is 0 Å². The maximum atomic E-state index is 13.9. The Morgan fingerprint density at radius 3 is 2.33 bits per heavy atom. The fraction of sp³-hybridized carbons (Fsp3) is 0.600. The minimum Gasteiger partial charge on any atom is -0.389 e. The first-order valence-corrected chi connectivity index (χ1v) is 7.09. The van der Waals surface area contributed by atoms with Crippen LogP contribution in [0.15, 0.2) is 18.2 Å². The second-order valence-corrected chi connectivity index (χ2v) is 6.25. The fourth-order valence-electron chi connectivity index (χ4n) is 3.59. The molecule has 21 heavy (non-hydrogen) atoms. The molecular formula is C15H17F4NO. The van der Waals surface area contributed by atoms with Crippen molar-refractivity contribution < 1.29 is 22.7 Å². The molecular weight excluding hydrogens is 286 g/mol. The molecule has 2 saturated heterocycles. The second kappa shape index (κ2) is 4.95. The van der Waals surface area contributed by atoms with E-state index in [0.29, 0.717) is 18.9 Å². The van der Waals surface area contributed by atoms with Crippen LogP contribution in [0, 0.1) is 5.82 Å². The Hall–Kier alpha value is -1.14. The van der Waals surface area contributed by atoms with E-state index in [1.54, 1.807) is 0 Å². The van der Waals surface area contributed by atoms with Crippen LogP contribution in [-0.2, 0) is 12.6 Å². The number of aliphatic hydroxyl groups is 1. The van der Waals surface area contributed by atoms with Gasteiger partial charge in [0.15, 0.2) is 0 Å². The molecule has 2 unspecified atom stereocenters. The Balaban J connectivity index is 1.79. The third kappa shape index (κ3) is 3.06. The summed E-state index contributed by atoms with van der Waals surface area (Å²) in [5.74, 6) is -0.899. The van der Waals surface area contributed by atoms with Crippen LogP contribution in [0.1, 0.15) is 36.8 Å². The van der Waals surface area contributed by atoms with E-state index in [1.165, 1.54) is 0 Å². The van der Waals surface area contributed by atoms with Gasteiger partial charge in [-0.15, -0.1) is 0 Å². The lowest BCUT2D eigenvalue weighted by molar-refractivity contribution is -0.137. The molecule has 6 heteroatoms. The molecule has 2 N–H and O–H groups in total. The molecule has 116 valence electrons. The van der Waals surface area contributed by atoms with E-state index in [2.05, 4.69) is 5.32 Å². The van der Waals surface area contributed by atoms with Crippen LogP contribution in [0.2, 0.25) is 0 Å². The van der Waals surface area contributed by atoms with Crippen LogP contribution in [-0.4, -0.2) is 22.8 Å². The molecule has 2 nitrogen and oxygen atoms in total. The SMILES string of the molecule is OC1(Cc2ccc(C(F)(F)F)cc2F)CC2CCC(C1)N2. The van der Waals surface area contributed by atoms with Crippen molar-refractivity contribution in [3.8, 4) is 0 Å². The quantitative estimate of drug-likeness (QED) is 0.823. The van der Waals surface area contributed by atoms with Crippen molar-refractivity contribution in [2.45, 2.75) is 56.0 Å². The number of nitrogens with one attached hydrogen (secondary N) is 1. The number of alkyl halides is 3. The molecule has 0 aromatic heterocycles. The molecule has 2 aliphatic heterocycles. The van der Waals surface area contributed by atoms with E-state index in [0.717, 1.165) is 25.0 Å². The highest BCUT2D eigenvalue weighted by molar-refractivity contribution is 5.28. The van der Waals surface area contributed by atoms with Crippen molar-refractivity contribution >= 4 is 0 Å². The molecule has 2 bridgehead atoms. The van der Waals surface area contributed by atoms with Gasteiger partial charge in [-0.3, -0.25) is 0 Å². The molecule has 2 aliphatic rings. The number of halogens is 4. The molecule has 1 aromatic rings. The van der Waals surface area contributed by atoms with Crippen LogP contribution in [0.5, 0.6) is 0 Å². The highest BCUT2D eigenvalue weighted by Gasteiger charge is 2.42. The van der Waals surface area contributed by atoms with Crippen LogP contribution in [0.4, 0.5) is 17.6 Å². The summed E-state index contributed by atoms with van der Waals surface area (Å²) in [5.41, 5.74) is -1.88. The van der Waals surface area contributed by atoms with Gasteiger partial charge in [-0.25, -0.2) is 4.39 Å². The molecule has 0 spiro atoms. The summed E-state index contributed by atoms with van der Waals surface area (Å²) in [6.07, 6.45) is -1.48. The molecule has 2 heterocycles. The number of fused-ring (bicyclic) bond motifs is 2. The Labute approximate surface area is 120 Å². The first-order valence-electron chi connectivity index (χ1n) is 7.09. The standard InChI is InChI=1S/C15H17F4NO/c16-13-5-10(15(17,18)19)2-1-9(13)6-14(21)7-11-3-4-12(8-14)20-11/h1-2,5,11-12,20-21H,3-4,6-8H2. The number of hydrogen-bond acceptors (Lipinski definition) is 2. The van der Waals surface area contributed by atoms with Gasteiger partial charge in [0.1, 0.15) is 5.82 Å². The monoisotopic (exact) mass is 303 g/mol. The van der Waals surface area contributed by atoms with Gasteiger partial charge in [-0.2, -0.15) is 13.2 Å². The number of hydrogen-bond donors (Lipinski definition) is 2. The van der Waals surface area contributed by atoms with Gasteiger partial charge in [0.05, 0.1) is 11.2 Å². The summed E-state index contributed by atoms with van der Waals surface area (Å²) in [7, 11) is 0. The first kappa shape index (κ1) is 14.8. The van der Waals surface area contributed by atoms with Crippen LogP contribution < -0.4 is 5.32 Å². The van der Waals surface area contributed by atoms with Crippen molar-refractivity contribution in [1.82, 2.24) is 5.32 Å². The Morgan fingerprint density at radius 2 is 1.81 bits per heavy atom. The molecule has 0 amide bonds. The molecule has 0 aliphatic carbocycles. The molecule has 1 aromatic carbocycles. The topological polar surface area (TPSA) is 32.3 Å². The predicted molar refractivity (Wildman–Crippen MR) is 69.2 cm³/mol. The van der Waals surface area contributed by atoms with E-state index in [-0.39, 0.29) is 24.1 Å². The average molecular weight is 303 g/mol. The van der Waals surface area contributed by atoms with Gasteiger partial charge < -0.3 is 10.4 Å². The maximum Gasteiger partial charge on any atom is 0.416 e. The van der Waals surface area contributed by atoms with Crippen LogP contribution >= 0.6 is 0 Å². The highest BCUT2D eigenvalue weighted by Crippen LogP contribution is 2.37. The van der Waals surface area contributed by atoms with Gasteiger partial charge >= 0.3 is 6.18 Å². The first-order chi connectivity index (χ1) is 9.75. The summed E-state index contributed by atoms with van der Waals surface area (Å²) in [5, 5.41) is 14.0. The summed E-state index contributed by atoms with van der Waals surface area (Å²) >= 11 is 0. The molecule has 2 fully saturated rings. The Morgan fingerprint density at radius 1 is 1.19 bits per heavy atom. The predicted octanol–water partition coefficient (Wildman–Crippen LogP) is 3.03. The Kier molecular flexibility index (Phi) is 3.48. The molecule has 0 radical (unpaired) electrons. The van der Waals surface area contributed by atoms with E-state index < -0.39 is 23.2 Å². The van der Waals surface area contributed by atoms with Crippen molar-refractivity contribution in [1.29, 1.82) is 0 Å². The normalized spacial score (nSPS) is 32.4. The number of rotatable bonds is 2. The van der Waals surface area contributed by atoms with Crippen LogP contribution in [0.3, 0.4) is 0 Å². The zero-order chi connectivity index (χ0) is 15.3. The smallest absolute Gasteiger partial charge is 0.389 e. The molecule has 3 rings (SSSR count). The van der Waals surface area contributed by atoms with Crippen molar-refractivity contribution in [2.24, 2.45) is 0 Å². The van der Waals surface area contributed by atoms with Crippen LogP contribution in [0.25, 0.3) is 0 Å². The van der Waals surface area contributed by atoms with E-state index in [4.69, 9.17) is 0 Å². The number of piperidine rings is 1. The maximum absolute atomic E-state index is 13.9. The van der Waals surface area contributed by atoms with Crippen molar-refractivity contribution in [2.75, 3.05) is 0 Å². The minimum absolute atomic E-state index is 0.0612. The minimum atomic E-state index is -4.55. The van der Waals surface area contributed by atoms with Crippen molar-refractivity contribution in [3.05, 3.63) is 35.1 Å². The summed E-state index contributed by atoms with van der Waals surface area (Å²) in [6.45, 7) is 0. The largest absolute Gasteiger partial charge is 0.416 e. The van der Waals surface area contributed by atoms with Gasteiger partial charge in [0.25, 0.3) is 0 Å². The molecule has 2 atom stereocenters. The van der Waals surface area contributed by atoms with Gasteiger partial charge in [-0.05, 0) is 43.4 Å². The second-order valence-electron chi connectivity index (χ2n) is 6.25. The lowest BCUT2D eigenvalue weighted by Crippen LogP contribution is -2.49. The summed E-state index contributed by atoms with van der Waals surface area (Å²) in [6, 6.07) is 2.98. The van der Waals surface area contributed by atoms with E-state index in [9.17, 15) is 22.7 Å². The summed E-state index contributed by atoms with van der Waals surface area (Å²) in [4.78, 5) is 0. The lowest BCUT2D eigenvalue weighted by atomic mass is 9.82. The molecule has 0 saturated carbocycles.